The molecule has 2 aliphatic rings. The van der Waals surface area contributed by atoms with E-state index in [4.69, 9.17) is 4.74 Å². The number of piperidine rings is 1. The van der Waals surface area contributed by atoms with E-state index < -0.39 is 0 Å². The summed E-state index contributed by atoms with van der Waals surface area (Å²) in [4.78, 5) is 12.2. The van der Waals surface area contributed by atoms with Crippen LogP contribution in [0.4, 0.5) is 0 Å². The first-order chi connectivity index (χ1) is 8.84. The molecule has 0 bridgehead atoms. The fourth-order valence-corrected chi connectivity index (χ4v) is 2.65. The molecule has 4 nitrogen and oxygen atoms in total. The third-order valence-electron chi connectivity index (χ3n) is 3.68. The van der Waals surface area contributed by atoms with Gasteiger partial charge >= 0.3 is 0 Å². The second kappa shape index (κ2) is 6.26. The number of amides is 1. The highest BCUT2D eigenvalue weighted by atomic mass is 35.5. The molecule has 0 radical (unpaired) electrons. The van der Waals surface area contributed by atoms with Crippen molar-refractivity contribution in [1.82, 2.24) is 10.6 Å². The van der Waals surface area contributed by atoms with Gasteiger partial charge < -0.3 is 15.4 Å². The van der Waals surface area contributed by atoms with Crippen LogP contribution in [-0.4, -0.2) is 25.6 Å². The van der Waals surface area contributed by atoms with Gasteiger partial charge in [0.05, 0.1) is 12.0 Å². The lowest BCUT2D eigenvalue weighted by molar-refractivity contribution is -0.126. The van der Waals surface area contributed by atoms with Crippen LogP contribution < -0.4 is 15.4 Å². The van der Waals surface area contributed by atoms with Gasteiger partial charge in [0.2, 0.25) is 5.91 Å². The molecule has 1 aromatic carbocycles. The zero-order chi connectivity index (χ0) is 12.4. The summed E-state index contributed by atoms with van der Waals surface area (Å²) in [7, 11) is 0. The Bertz CT molecular complexity index is 447. The summed E-state index contributed by atoms with van der Waals surface area (Å²) in [6.45, 7) is 2.37. The van der Waals surface area contributed by atoms with Crippen LogP contribution >= 0.6 is 12.4 Å². The Labute approximate surface area is 119 Å². The SMILES string of the molecule is Cl.O=C(NC1COc2ccccc21)[C@@H]1CCCNC1. The number of fused-ring (bicyclic) bond motifs is 1. The third kappa shape index (κ3) is 3.01. The summed E-state index contributed by atoms with van der Waals surface area (Å²) >= 11 is 0. The highest BCUT2D eigenvalue weighted by Gasteiger charge is 2.28. The van der Waals surface area contributed by atoms with Gasteiger partial charge in [0.25, 0.3) is 0 Å². The minimum atomic E-state index is 0. The fourth-order valence-electron chi connectivity index (χ4n) is 2.65. The fraction of sp³-hybridized carbons (Fsp3) is 0.500. The largest absolute Gasteiger partial charge is 0.491 e. The molecular formula is C14H19ClN2O2. The molecule has 5 heteroatoms. The lowest BCUT2D eigenvalue weighted by Gasteiger charge is -2.23. The summed E-state index contributed by atoms with van der Waals surface area (Å²) in [6, 6.07) is 7.91. The first kappa shape index (κ1) is 14.2. The van der Waals surface area contributed by atoms with Gasteiger partial charge in [0.1, 0.15) is 12.4 Å². The molecule has 1 unspecified atom stereocenters. The maximum atomic E-state index is 12.2. The van der Waals surface area contributed by atoms with Crippen molar-refractivity contribution in [2.45, 2.75) is 18.9 Å². The quantitative estimate of drug-likeness (QED) is 0.867. The van der Waals surface area contributed by atoms with Crippen LogP contribution in [0.25, 0.3) is 0 Å². The van der Waals surface area contributed by atoms with Crippen molar-refractivity contribution in [2.24, 2.45) is 5.92 Å². The molecule has 1 amide bonds. The van der Waals surface area contributed by atoms with Crippen LogP contribution in [0.3, 0.4) is 0 Å². The van der Waals surface area contributed by atoms with Crippen LogP contribution in [0, 0.1) is 5.92 Å². The molecule has 2 aliphatic heterocycles. The zero-order valence-corrected chi connectivity index (χ0v) is 11.5. The molecule has 1 aromatic rings. The Morgan fingerprint density at radius 1 is 1.37 bits per heavy atom. The first-order valence-electron chi connectivity index (χ1n) is 6.57. The van der Waals surface area contributed by atoms with Crippen molar-refractivity contribution in [3.8, 4) is 5.75 Å². The van der Waals surface area contributed by atoms with Crippen molar-refractivity contribution < 1.29 is 9.53 Å². The van der Waals surface area contributed by atoms with Crippen LogP contribution in [0.1, 0.15) is 24.4 Å². The topological polar surface area (TPSA) is 50.4 Å². The number of carbonyl (C=O) groups excluding carboxylic acids is 1. The molecule has 1 saturated heterocycles. The van der Waals surface area contributed by atoms with E-state index in [2.05, 4.69) is 10.6 Å². The average molecular weight is 283 g/mol. The van der Waals surface area contributed by atoms with Crippen molar-refractivity contribution in [1.29, 1.82) is 0 Å². The zero-order valence-electron chi connectivity index (χ0n) is 10.7. The monoisotopic (exact) mass is 282 g/mol. The number of nitrogens with one attached hydrogen (secondary N) is 2. The molecule has 19 heavy (non-hydrogen) atoms. The predicted octanol–water partition coefficient (Wildman–Crippen LogP) is 1.66. The molecule has 1 fully saturated rings. The van der Waals surface area contributed by atoms with E-state index in [9.17, 15) is 4.79 Å². The lowest BCUT2D eigenvalue weighted by atomic mass is 9.98. The van der Waals surface area contributed by atoms with Gasteiger partial charge in [-0.2, -0.15) is 0 Å². The van der Waals surface area contributed by atoms with Crippen LogP contribution in [0.15, 0.2) is 24.3 Å². The Morgan fingerprint density at radius 3 is 3.00 bits per heavy atom. The van der Waals surface area contributed by atoms with Crippen molar-refractivity contribution in [3.63, 3.8) is 0 Å². The Kier molecular flexibility index (Phi) is 4.66. The molecule has 2 heterocycles. The summed E-state index contributed by atoms with van der Waals surface area (Å²) in [6.07, 6.45) is 2.06. The smallest absolute Gasteiger partial charge is 0.224 e. The second-order valence-electron chi connectivity index (χ2n) is 4.95. The number of hydrogen-bond acceptors (Lipinski definition) is 3. The molecule has 0 spiro atoms. The number of para-hydroxylation sites is 1. The van der Waals surface area contributed by atoms with Gasteiger partial charge in [-0.25, -0.2) is 0 Å². The number of rotatable bonds is 2. The van der Waals surface area contributed by atoms with E-state index in [0.29, 0.717) is 6.61 Å². The number of ether oxygens (including phenoxy) is 1. The number of hydrogen-bond donors (Lipinski definition) is 2. The minimum absolute atomic E-state index is 0. The number of carbonyl (C=O) groups is 1. The molecule has 2 N–H and O–H groups in total. The van der Waals surface area contributed by atoms with E-state index >= 15 is 0 Å². The van der Waals surface area contributed by atoms with E-state index in [-0.39, 0.29) is 30.3 Å². The first-order valence-corrected chi connectivity index (χ1v) is 6.57. The van der Waals surface area contributed by atoms with E-state index in [0.717, 1.165) is 37.2 Å². The molecule has 0 aromatic heterocycles. The average Bonchev–Trinajstić information content (AvgIpc) is 2.83. The van der Waals surface area contributed by atoms with Gasteiger partial charge in [0.15, 0.2) is 0 Å². The summed E-state index contributed by atoms with van der Waals surface area (Å²) in [5.74, 6) is 1.14. The Morgan fingerprint density at radius 2 is 2.21 bits per heavy atom. The van der Waals surface area contributed by atoms with Gasteiger partial charge in [-0.15, -0.1) is 12.4 Å². The molecule has 0 saturated carbocycles. The Balaban J connectivity index is 0.00000133. The van der Waals surface area contributed by atoms with Gasteiger partial charge in [-0.1, -0.05) is 18.2 Å². The maximum Gasteiger partial charge on any atom is 0.224 e. The Hall–Kier alpha value is -1.26. The molecular weight excluding hydrogens is 264 g/mol. The summed E-state index contributed by atoms with van der Waals surface area (Å²) < 4.78 is 5.57. The van der Waals surface area contributed by atoms with Crippen LogP contribution in [0.5, 0.6) is 5.75 Å². The highest BCUT2D eigenvalue weighted by Crippen LogP contribution is 2.31. The van der Waals surface area contributed by atoms with E-state index in [1.165, 1.54) is 0 Å². The standard InChI is InChI=1S/C14H18N2O2.ClH/c17-14(10-4-3-7-15-8-10)16-12-9-18-13-6-2-1-5-11(12)13;/h1-2,5-6,10,12,15H,3-4,7-9H2,(H,16,17);1H/t10-,12?;/m1./s1. The highest BCUT2D eigenvalue weighted by molar-refractivity contribution is 5.85. The van der Waals surface area contributed by atoms with Crippen LogP contribution in [-0.2, 0) is 4.79 Å². The number of halogens is 1. The van der Waals surface area contributed by atoms with Crippen molar-refractivity contribution in [2.75, 3.05) is 19.7 Å². The van der Waals surface area contributed by atoms with Crippen molar-refractivity contribution >= 4 is 18.3 Å². The number of benzene rings is 1. The molecule has 104 valence electrons. The maximum absolute atomic E-state index is 12.2. The van der Waals surface area contributed by atoms with E-state index in [1.54, 1.807) is 0 Å². The minimum Gasteiger partial charge on any atom is -0.491 e. The normalized spacial score (nSPS) is 24.8. The molecule has 2 atom stereocenters. The summed E-state index contributed by atoms with van der Waals surface area (Å²) in [5.41, 5.74) is 1.09. The lowest BCUT2D eigenvalue weighted by Crippen LogP contribution is -2.42. The second-order valence-corrected chi connectivity index (χ2v) is 4.95. The van der Waals surface area contributed by atoms with Crippen LogP contribution in [0.2, 0.25) is 0 Å². The predicted molar refractivity (Wildman–Crippen MR) is 75.7 cm³/mol. The molecule has 3 rings (SSSR count). The van der Waals surface area contributed by atoms with E-state index in [1.807, 2.05) is 24.3 Å². The van der Waals surface area contributed by atoms with Gasteiger partial charge in [-0.05, 0) is 25.5 Å². The third-order valence-corrected chi connectivity index (χ3v) is 3.68. The summed E-state index contributed by atoms with van der Waals surface area (Å²) in [5, 5.41) is 6.37. The van der Waals surface area contributed by atoms with Gasteiger partial charge in [0, 0.05) is 12.1 Å². The molecule has 0 aliphatic carbocycles. The van der Waals surface area contributed by atoms with Crippen molar-refractivity contribution in [3.05, 3.63) is 29.8 Å². The van der Waals surface area contributed by atoms with Gasteiger partial charge in [-0.3, -0.25) is 4.79 Å².